The molecule has 7 nitrogen and oxygen atoms in total. The van der Waals surface area contributed by atoms with Crippen LogP contribution in [0.15, 0.2) is 6.20 Å². The average molecular weight is 239 g/mol. The summed E-state index contributed by atoms with van der Waals surface area (Å²) in [6.45, 7) is 5.75. The van der Waals surface area contributed by atoms with Crippen LogP contribution in [0.2, 0.25) is 0 Å². The van der Waals surface area contributed by atoms with Gasteiger partial charge in [-0.2, -0.15) is 0 Å². The SMILES string of the molecule is O=C(O)c1cn(CCN2CCCNCC2)nn1. The normalized spacial score (nSPS) is 17.9. The third-order valence-electron chi connectivity index (χ3n) is 2.84. The largest absolute Gasteiger partial charge is 0.476 e. The van der Waals surface area contributed by atoms with Gasteiger partial charge >= 0.3 is 5.97 Å². The first-order valence-corrected chi connectivity index (χ1v) is 5.82. The molecule has 2 N–H and O–H groups in total. The van der Waals surface area contributed by atoms with Gasteiger partial charge in [0.15, 0.2) is 5.69 Å². The zero-order valence-corrected chi connectivity index (χ0v) is 9.67. The lowest BCUT2D eigenvalue weighted by molar-refractivity contribution is 0.0690. The van der Waals surface area contributed by atoms with Gasteiger partial charge in [0.1, 0.15) is 0 Å². The highest BCUT2D eigenvalue weighted by Gasteiger charge is 2.10. The van der Waals surface area contributed by atoms with Crippen LogP contribution in [0, 0.1) is 0 Å². The number of aromatic carboxylic acids is 1. The lowest BCUT2D eigenvalue weighted by Gasteiger charge is -2.18. The molecule has 0 spiro atoms. The Labute approximate surface area is 99.4 Å². The molecule has 0 amide bonds. The Balaban J connectivity index is 1.81. The predicted octanol–water partition coefficient (Wildman–Crippen LogP) is -0.728. The monoisotopic (exact) mass is 239 g/mol. The maximum atomic E-state index is 10.6. The van der Waals surface area contributed by atoms with E-state index >= 15 is 0 Å². The van der Waals surface area contributed by atoms with E-state index in [1.165, 1.54) is 6.20 Å². The van der Waals surface area contributed by atoms with Crippen LogP contribution in [0.3, 0.4) is 0 Å². The fourth-order valence-electron chi connectivity index (χ4n) is 1.87. The Hall–Kier alpha value is -1.47. The van der Waals surface area contributed by atoms with Crippen molar-refractivity contribution >= 4 is 5.97 Å². The van der Waals surface area contributed by atoms with Crippen LogP contribution in [-0.2, 0) is 6.54 Å². The highest BCUT2D eigenvalue weighted by Crippen LogP contribution is 1.97. The molecule has 0 atom stereocenters. The van der Waals surface area contributed by atoms with Crippen molar-refractivity contribution in [2.24, 2.45) is 0 Å². The van der Waals surface area contributed by atoms with E-state index in [4.69, 9.17) is 5.11 Å². The summed E-state index contributed by atoms with van der Waals surface area (Å²) < 4.78 is 1.59. The fourth-order valence-corrected chi connectivity index (χ4v) is 1.87. The lowest BCUT2D eigenvalue weighted by Crippen LogP contribution is -2.31. The number of hydrogen-bond donors (Lipinski definition) is 2. The second-order valence-electron chi connectivity index (χ2n) is 4.12. The quantitative estimate of drug-likeness (QED) is 0.721. The molecule has 1 saturated heterocycles. The summed E-state index contributed by atoms with van der Waals surface area (Å²) in [6, 6.07) is 0. The summed E-state index contributed by atoms with van der Waals surface area (Å²) in [5, 5.41) is 19.4. The Kier molecular flexibility index (Phi) is 4.05. The van der Waals surface area contributed by atoms with Gasteiger partial charge in [-0.05, 0) is 19.5 Å². The molecule has 0 saturated carbocycles. The molecular formula is C10H17N5O2. The third kappa shape index (κ3) is 3.50. The van der Waals surface area contributed by atoms with E-state index in [2.05, 4.69) is 20.5 Å². The number of carbonyl (C=O) groups is 1. The molecule has 1 aliphatic rings. The second-order valence-corrected chi connectivity index (χ2v) is 4.12. The zero-order valence-electron chi connectivity index (χ0n) is 9.67. The molecule has 2 rings (SSSR count). The summed E-state index contributed by atoms with van der Waals surface area (Å²) in [5.41, 5.74) is 0.00235. The Morgan fingerprint density at radius 1 is 1.41 bits per heavy atom. The van der Waals surface area contributed by atoms with Gasteiger partial charge < -0.3 is 15.3 Å². The molecule has 94 valence electrons. The van der Waals surface area contributed by atoms with Gasteiger partial charge in [-0.1, -0.05) is 5.21 Å². The number of carboxylic acids is 1. The maximum absolute atomic E-state index is 10.6. The van der Waals surface area contributed by atoms with Crippen molar-refractivity contribution in [3.63, 3.8) is 0 Å². The molecule has 0 bridgehead atoms. The van der Waals surface area contributed by atoms with Crippen molar-refractivity contribution in [2.75, 3.05) is 32.7 Å². The van der Waals surface area contributed by atoms with Crippen molar-refractivity contribution in [1.82, 2.24) is 25.2 Å². The number of nitrogens with zero attached hydrogens (tertiary/aromatic N) is 4. The fraction of sp³-hybridized carbons (Fsp3) is 0.700. The van der Waals surface area contributed by atoms with Crippen LogP contribution in [0.25, 0.3) is 0 Å². The minimum Gasteiger partial charge on any atom is -0.476 e. The maximum Gasteiger partial charge on any atom is 0.358 e. The van der Waals surface area contributed by atoms with Gasteiger partial charge in [0.25, 0.3) is 0 Å². The van der Waals surface area contributed by atoms with Crippen LogP contribution in [-0.4, -0.2) is 63.7 Å². The standard InChI is InChI=1S/C10H17N5O2/c16-10(17)9-8-15(13-12-9)7-6-14-4-1-2-11-3-5-14/h8,11H,1-7H2,(H,16,17). The number of rotatable bonds is 4. The van der Waals surface area contributed by atoms with Crippen LogP contribution in [0.4, 0.5) is 0 Å². The zero-order chi connectivity index (χ0) is 12.1. The summed E-state index contributed by atoms with van der Waals surface area (Å²) in [4.78, 5) is 13.0. The van der Waals surface area contributed by atoms with E-state index in [0.717, 1.165) is 39.1 Å². The Morgan fingerprint density at radius 3 is 3.06 bits per heavy atom. The number of hydrogen-bond acceptors (Lipinski definition) is 5. The summed E-state index contributed by atoms with van der Waals surface area (Å²) >= 11 is 0. The minimum atomic E-state index is -1.03. The molecule has 0 aromatic carbocycles. The lowest BCUT2D eigenvalue weighted by atomic mass is 10.4. The van der Waals surface area contributed by atoms with Gasteiger partial charge in [-0.15, -0.1) is 5.10 Å². The van der Waals surface area contributed by atoms with Gasteiger partial charge in [0, 0.05) is 19.6 Å². The van der Waals surface area contributed by atoms with Gasteiger partial charge in [0.05, 0.1) is 12.7 Å². The molecule has 0 radical (unpaired) electrons. The summed E-state index contributed by atoms with van der Waals surface area (Å²) in [6.07, 6.45) is 2.62. The number of aromatic nitrogens is 3. The predicted molar refractivity (Wildman–Crippen MR) is 60.9 cm³/mol. The molecule has 2 heterocycles. The summed E-state index contributed by atoms with van der Waals surface area (Å²) in [5.74, 6) is -1.03. The molecule has 0 unspecified atom stereocenters. The smallest absolute Gasteiger partial charge is 0.358 e. The van der Waals surface area contributed by atoms with E-state index in [1.807, 2.05) is 0 Å². The van der Waals surface area contributed by atoms with Crippen molar-refractivity contribution in [2.45, 2.75) is 13.0 Å². The van der Waals surface area contributed by atoms with E-state index < -0.39 is 5.97 Å². The van der Waals surface area contributed by atoms with Gasteiger partial charge in [0.2, 0.25) is 0 Å². The topological polar surface area (TPSA) is 83.3 Å². The molecule has 17 heavy (non-hydrogen) atoms. The molecular weight excluding hydrogens is 222 g/mol. The molecule has 1 aromatic rings. The van der Waals surface area contributed by atoms with Crippen LogP contribution in [0.5, 0.6) is 0 Å². The number of nitrogens with one attached hydrogen (secondary N) is 1. The van der Waals surface area contributed by atoms with E-state index in [0.29, 0.717) is 6.54 Å². The van der Waals surface area contributed by atoms with E-state index in [1.54, 1.807) is 4.68 Å². The Bertz CT molecular complexity index is 371. The number of carboxylic acid groups (broad SMARTS) is 1. The minimum absolute atomic E-state index is 0.00235. The van der Waals surface area contributed by atoms with Crippen molar-refractivity contribution in [1.29, 1.82) is 0 Å². The first-order chi connectivity index (χ1) is 8.25. The van der Waals surface area contributed by atoms with Crippen molar-refractivity contribution in [3.8, 4) is 0 Å². The average Bonchev–Trinajstić information content (AvgIpc) is 2.63. The molecule has 0 aliphatic carbocycles. The van der Waals surface area contributed by atoms with Crippen LogP contribution < -0.4 is 5.32 Å². The molecule has 1 fully saturated rings. The van der Waals surface area contributed by atoms with Crippen molar-refractivity contribution in [3.05, 3.63) is 11.9 Å². The molecule has 1 aromatic heterocycles. The first-order valence-electron chi connectivity index (χ1n) is 5.82. The highest BCUT2D eigenvalue weighted by molar-refractivity contribution is 5.84. The molecule has 1 aliphatic heterocycles. The van der Waals surface area contributed by atoms with Crippen LogP contribution >= 0.6 is 0 Å². The van der Waals surface area contributed by atoms with Gasteiger partial charge in [-0.25, -0.2) is 4.79 Å². The second kappa shape index (κ2) is 5.74. The van der Waals surface area contributed by atoms with Crippen LogP contribution in [0.1, 0.15) is 16.9 Å². The third-order valence-corrected chi connectivity index (χ3v) is 2.84. The van der Waals surface area contributed by atoms with Crippen molar-refractivity contribution < 1.29 is 9.90 Å². The van der Waals surface area contributed by atoms with E-state index in [-0.39, 0.29) is 5.69 Å². The first kappa shape index (κ1) is 12.0. The summed E-state index contributed by atoms with van der Waals surface area (Å²) in [7, 11) is 0. The van der Waals surface area contributed by atoms with E-state index in [9.17, 15) is 4.79 Å². The highest BCUT2D eigenvalue weighted by atomic mass is 16.4. The van der Waals surface area contributed by atoms with Gasteiger partial charge in [-0.3, -0.25) is 4.68 Å². The Morgan fingerprint density at radius 2 is 2.29 bits per heavy atom. The molecule has 7 heteroatoms.